The number of rotatable bonds is 5. The number of carbonyl (C=O) groups is 1. The smallest absolute Gasteiger partial charge is 0.306 e. The van der Waals surface area contributed by atoms with Crippen LogP contribution in [0, 0.1) is 0 Å². The first-order valence-electron chi connectivity index (χ1n) is 6.66. The third-order valence-corrected chi connectivity index (χ3v) is 6.57. The summed E-state index contributed by atoms with van der Waals surface area (Å²) in [4.78, 5) is 10.9. The summed E-state index contributed by atoms with van der Waals surface area (Å²) in [6.07, 6.45) is -0.895. The lowest BCUT2D eigenvalue weighted by atomic mass is 10.0. The van der Waals surface area contributed by atoms with Crippen LogP contribution in [0.1, 0.15) is 20.3 Å². The Morgan fingerprint density at radius 1 is 1.59 bits per heavy atom. The van der Waals surface area contributed by atoms with Crippen molar-refractivity contribution in [2.45, 2.75) is 36.8 Å². The van der Waals surface area contributed by atoms with Crippen molar-refractivity contribution in [3.63, 3.8) is 0 Å². The molecule has 0 saturated carbocycles. The van der Waals surface area contributed by atoms with Gasteiger partial charge in [-0.1, -0.05) is 0 Å². The molecule has 1 aromatic rings. The molecule has 22 heavy (non-hydrogen) atoms. The van der Waals surface area contributed by atoms with Crippen LogP contribution in [-0.2, 0) is 19.6 Å². The molecule has 7 nitrogen and oxygen atoms in total. The standard InChI is InChI=1S/C13H19NO6S2/c1-13(2)8-20-9(6-11(15)16)7-14(13)22(17,18)10-4-5-21-12(10)19-3/h4-5,9H,6-8H2,1-3H3,(H,15,16). The maximum Gasteiger partial charge on any atom is 0.306 e. The third kappa shape index (κ3) is 3.27. The van der Waals surface area contributed by atoms with Crippen LogP contribution in [0.5, 0.6) is 5.06 Å². The van der Waals surface area contributed by atoms with Crippen LogP contribution in [0.15, 0.2) is 16.3 Å². The number of carboxylic acids is 1. The highest BCUT2D eigenvalue weighted by atomic mass is 32.2. The van der Waals surface area contributed by atoms with Crippen LogP contribution in [-0.4, -0.2) is 55.7 Å². The largest absolute Gasteiger partial charge is 0.486 e. The zero-order valence-corrected chi connectivity index (χ0v) is 14.2. The number of aliphatic carboxylic acids is 1. The van der Waals surface area contributed by atoms with E-state index in [0.717, 1.165) is 0 Å². The number of carboxylic acid groups (broad SMARTS) is 1. The maximum absolute atomic E-state index is 12.9. The third-order valence-electron chi connectivity index (χ3n) is 3.47. The van der Waals surface area contributed by atoms with Gasteiger partial charge in [0.1, 0.15) is 4.90 Å². The van der Waals surface area contributed by atoms with Gasteiger partial charge in [-0.15, -0.1) is 11.3 Å². The lowest BCUT2D eigenvalue weighted by Gasteiger charge is -2.43. The minimum Gasteiger partial charge on any atom is -0.486 e. The number of nitrogens with zero attached hydrogens (tertiary/aromatic N) is 1. The molecule has 0 amide bonds. The maximum atomic E-state index is 12.9. The van der Waals surface area contributed by atoms with Gasteiger partial charge in [0.25, 0.3) is 0 Å². The zero-order valence-electron chi connectivity index (χ0n) is 12.6. The fraction of sp³-hybridized carbons (Fsp3) is 0.615. The summed E-state index contributed by atoms with van der Waals surface area (Å²) in [5, 5.41) is 10.8. The number of ether oxygens (including phenoxy) is 2. The van der Waals surface area contributed by atoms with Crippen LogP contribution in [0.4, 0.5) is 0 Å². The van der Waals surface area contributed by atoms with Gasteiger partial charge in [-0.2, -0.15) is 4.31 Å². The summed E-state index contributed by atoms with van der Waals surface area (Å²) in [5.41, 5.74) is -0.763. The molecular formula is C13H19NO6S2. The topological polar surface area (TPSA) is 93.1 Å². The van der Waals surface area contributed by atoms with E-state index >= 15 is 0 Å². The number of hydrogen-bond acceptors (Lipinski definition) is 6. The Morgan fingerprint density at radius 3 is 2.86 bits per heavy atom. The van der Waals surface area contributed by atoms with Gasteiger partial charge in [-0.3, -0.25) is 4.79 Å². The van der Waals surface area contributed by atoms with E-state index in [-0.39, 0.29) is 24.5 Å². The molecule has 1 saturated heterocycles. The van der Waals surface area contributed by atoms with E-state index in [1.54, 1.807) is 19.2 Å². The average Bonchev–Trinajstić information content (AvgIpc) is 2.89. The zero-order chi connectivity index (χ0) is 16.5. The Morgan fingerprint density at radius 2 is 2.27 bits per heavy atom. The van der Waals surface area contributed by atoms with E-state index in [1.807, 2.05) is 0 Å². The summed E-state index contributed by atoms with van der Waals surface area (Å²) < 4.78 is 37.8. The Kier molecular flexibility index (Phi) is 4.81. The number of morpholine rings is 1. The van der Waals surface area contributed by atoms with Crippen LogP contribution in [0.2, 0.25) is 0 Å². The molecule has 1 aromatic heterocycles. The van der Waals surface area contributed by atoms with Crippen LogP contribution in [0.25, 0.3) is 0 Å². The lowest BCUT2D eigenvalue weighted by molar-refractivity contribution is -0.143. The molecular weight excluding hydrogens is 330 g/mol. The van der Waals surface area contributed by atoms with Crippen molar-refractivity contribution in [2.75, 3.05) is 20.3 Å². The molecule has 1 aliphatic rings. The van der Waals surface area contributed by atoms with Crippen LogP contribution < -0.4 is 4.74 Å². The van der Waals surface area contributed by atoms with E-state index in [4.69, 9.17) is 14.6 Å². The minimum absolute atomic E-state index is 0.000629. The monoisotopic (exact) mass is 349 g/mol. The second-order valence-corrected chi connectivity index (χ2v) is 8.37. The fourth-order valence-corrected chi connectivity index (χ4v) is 5.35. The second-order valence-electron chi connectivity index (χ2n) is 5.66. The molecule has 2 heterocycles. The van der Waals surface area contributed by atoms with Crippen molar-refractivity contribution in [1.82, 2.24) is 4.31 Å². The van der Waals surface area contributed by atoms with E-state index < -0.39 is 27.6 Å². The molecule has 0 spiro atoms. The molecule has 124 valence electrons. The highest BCUT2D eigenvalue weighted by Crippen LogP contribution is 2.36. The van der Waals surface area contributed by atoms with Gasteiger partial charge in [0, 0.05) is 6.54 Å². The normalized spacial score (nSPS) is 22.4. The molecule has 0 bridgehead atoms. The molecule has 0 radical (unpaired) electrons. The summed E-state index contributed by atoms with van der Waals surface area (Å²) in [7, 11) is -2.37. The first-order valence-corrected chi connectivity index (χ1v) is 8.98. The van der Waals surface area contributed by atoms with Gasteiger partial charge in [0.05, 0.1) is 31.8 Å². The Hall–Kier alpha value is -1.16. The lowest BCUT2D eigenvalue weighted by Crippen LogP contribution is -2.58. The highest BCUT2D eigenvalue weighted by Gasteiger charge is 2.44. The van der Waals surface area contributed by atoms with Crippen LogP contribution >= 0.6 is 11.3 Å². The number of sulfonamides is 1. The van der Waals surface area contributed by atoms with Crippen molar-refractivity contribution >= 4 is 27.3 Å². The number of methoxy groups -OCH3 is 1. The van der Waals surface area contributed by atoms with E-state index in [9.17, 15) is 13.2 Å². The first-order chi connectivity index (χ1) is 10.2. The van der Waals surface area contributed by atoms with E-state index in [2.05, 4.69) is 0 Å². The molecule has 1 fully saturated rings. The Balaban J connectivity index is 2.35. The summed E-state index contributed by atoms with van der Waals surface area (Å²) >= 11 is 1.20. The van der Waals surface area contributed by atoms with Gasteiger partial charge < -0.3 is 14.6 Å². The minimum atomic E-state index is -3.79. The molecule has 1 N–H and O–H groups in total. The van der Waals surface area contributed by atoms with Crippen LogP contribution in [0.3, 0.4) is 0 Å². The molecule has 1 unspecified atom stereocenters. The quantitative estimate of drug-likeness (QED) is 0.864. The highest BCUT2D eigenvalue weighted by molar-refractivity contribution is 7.89. The average molecular weight is 349 g/mol. The van der Waals surface area contributed by atoms with Crippen molar-refractivity contribution in [3.8, 4) is 5.06 Å². The van der Waals surface area contributed by atoms with Crippen molar-refractivity contribution in [1.29, 1.82) is 0 Å². The second kappa shape index (κ2) is 6.15. The summed E-state index contributed by atoms with van der Waals surface area (Å²) in [6, 6.07) is 1.50. The van der Waals surface area contributed by atoms with Gasteiger partial charge in [0.15, 0.2) is 5.06 Å². The predicted molar refractivity (Wildman–Crippen MR) is 80.8 cm³/mol. The van der Waals surface area contributed by atoms with Gasteiger partial charge >= 0.3 is 5.97 Å². The summed E-state index contributed by atoms with van der Waals surface area (Å²) in [5.74, 6) is -1.02. The summed E-state index contributed by atoms with van der Waals surface area (Å²) in [6.45, 7) is 3.64. The van der Waals surface area contributed by atoms with Gasteiger partial charge in [0.2, 0.25) is 10.0 Å². The fourth-order valence-electron chi connectivity index (χ4n) is 2.36. The first kappa shape index (κ1) is 17.2. The Labute approximate surface area is 133 Å². The molecule has 1 aliphatic heterocycles. The van der Waals surface area contributed by atoms with Crippen molar-refractivity contribution in [3.05, 3.63) is 11.4 Å². The molecule has 0 aromatic carbocycles. The van der Waals surface area contributed by atoms with Gasteiger partial charge in [-0.05, 0) is 25.3 Å². The molecule has 1 atom stereocenters. The molecule has 9 heteroatoms. The number of thiophene rings is 1. The van der Waals surface area contributed by atoms with E-state index in [0.29, 0.717) is 5.06 Å². The predicted octanol–water partition coefficient (Wildman–Crippen LogP) is 1.40. The molecule has 0 aliphatic carbocycles. The van der Waals surface area contributed by atoms with Gasteiger partial charge in [-0.25, -0.2) is 8.42 Å². The SMILES string of the molecule is COc1sccc1S(=O)(=O)N1CC(CC(=O)O)OCC1(C)C. The van der Waals surface area contributed by atoms with Crippen molar-refractivity contribution in [2.24, 2.45) is 0 Å². The molecule has 2 rings (SSSR count). The van der Waals surface area contributed by atoms with E-state index in [1.165, 1.54) is 28.8 Å². The van der Waals surface area contributed by atoms with Crippen molar-refractivity contribution < 1.29 is 27.8 Å². The number of hydrogen-bond donors (Lipinski definition) is 1. The Bertz CT molecular complexity index is 651.